The van der Waals surface area contributed by atoms with Crippen LogP contribution in [0.2, 0.25) is 0 Å². The van der Waals surface area contributed by atoms with E-state index in [4.69, 9.17) is 4.74 Å². The third-order valence-electron chi connectivity index (χ3n) is 4.24. The largest absolute Gasteiger partial charge is 0.445 e. The predicted octanol–water partition coefficient (Wildman–Crippen LogP) is 3.21. The number of alkyl carbamates (subject to hydrolysis) is 1. The SMILES string of the molecule is O=C(NCC(O)(c1ccccc1)C1CC1)OCc1ccccc1. The molecule has 1 aliphatic carbocycles. The standard InChI is InChI=1S/C19H21NO3/c21-18(23-13-15-7-3-1-4-8-15)20-14-19(22,17-11-12-17)16-9-5-2-6-10-16/h1-10,17,22H,11-14H2,(H,20,21). The number of ether oxygens (including phenoxy) is 1. The Bertz CT molecular complexity index is 640. The number of hydrogen-bond acceptors (Lipinski definition) is 3. The third-order valence-corrected chi connectivity index (χ3v) is 4.24. The highest BCUT2D eigenvalue weighted by Gasteiger charge is 2.45. The molecule has 1 unspecified atom stereocenters. The molecule has 4 nitrogen and oxygen atoms in total. The van der Waals surface area contributed by atoms with E-state index in [1.807, 2.05) is 60.7 Å². The van der Waals surface area contributed by atoms with Gasteiger partial charge in [-0.1, -0.05) is 60.7 Å². The second-order valence-corrected chi connectivity index (χ2v) is 5.98. The van der Waals surface area contributed by atoms with Crippen molar-refractivity contribution in [1.82, 2.24) is 5.32 Å². The molecule has 0 radical (unpaired) electrons. The van der Waals surface area contributed by atoms with Gasteiger partial charge in [-0.3, -0.25) is 0 Å². The van der Waals surface area contributed by atoms with Crippen molar-refractivity contribution in [3.8, 4) is 0 Å². The molecule has 1 atom stereocenters. The summed E-state index contributed by atoms with van der Waals surface area (Å²) in [5.41, 5.74) is 0.751. The normalized spacial score (nSPS) is 16.4. The molecule has 4 heteroatoms. The Morgan fingerprint density at radius 1 is 1.09 bits per heavy atom. The molecule has 0 spiro atoms. The predicted molar refractivity (Wildman–Crippen MR) is 87.7 cm³/mol. The smallest absolute Gasteiger partial charge is 0.407 e. The lowest BCUT2D eigenvalue weighted by Gasteiger charge is -2.29. The van der Waals surface area contributed by atoms with Gasteiger partial charge in [0, 0.05) is 0 Å². The molecule has 1 saturated carbocycles. The van der Waals surface area contributed by atoms with Crippen LogP contribution in [-0.4, -0.2) is 17.7 Å². The summed E-state index contributed by atoms with van der Waals surface area (Å²) in [6.07, 6.45) is 1.45. The molecule has 2 aromatic rings. The molecule has 1 fully saturated rings. The van der Waals surface area contributed by atoms with Crippen molar-refractivity contribution in [2.75, 3.05) is 6.54 Å². The van der Waals surface area contributed by atoms with Gasteiger partial charge in [0.2, 0.25) is 0 Å². The minimum Gasteiger partial charge on any atom is -0.445 e. The van der Waals surface area contributed by atoms with Gasteiger partial charge in [-0.15, -0.1) is 0 Å². The Balaban J connectivity index is 1.56. The summed E-state index contributed by atoms with van der Waals surface area (Å²) in [4.78, 5) is 11.9. The van der Waals surface area contributed by atoms with Crippen LogP contribution in [0.3, 0.4) is 0 Å². The minimum atomic E-state index is -1.02. The first-order chi connectivity index (χ1) is 11.2. The summed E-state index contributed by atoms with van der Waals surface area (Å²) in [7, 11) is 0. The second-order valence-electron chi connectivity index (χ2n) is 5.98. The molecule has 0 saturated heterocycles. The number of aliphatic hydroxyl groups is 1. The summed E-state index contributed by atoms with van der Waals surface area (Å²) in [5, 5.41) is 13.7. The minimum absolute atomic E-state index is 0.162. The Morgan fingerprint density at radius 2 is 1.70 bits per heavy atom. The molecule has 3 rings (SSSR count). The van der Waals surface area contributed by atoms with Gasteiger partial charge in [0.05, 0.1) is 6.54 Å². The van der Waals surface area contributed by atoms with Crippen LogP contribution in [0.25, 0.3) is 0 Å². The molecule has 2 aromatic carbocycles. The van der Waals surface area contributed by atoms with Crippen LogP contribution in [-0.2, 0) is 16.9 Å². The average molecular weight is 311 g/mol. The molecule has 23 heavy (non-hydrogen) atoms. The maximum absolute atomic E-state index is 11.9. The van der Waals surface area contributed by atoms with E-state index in [1.54, 1.807) is 0 Å². The lowest BCUT2D eigenvalue weighted by molar-refractivity contribution is 0.0123. The van der Waals surface area contributed by atoms with Crippen molar-refractivity contribution in [2.45, 2.75) is 25.0 Å². The number of rotatable bonds is 6. The number of nitrogens with one attached hydrogen (secondary N) is 1. The molecular formula is C19H21NO3. The summed E-state index contributed by atoms with van der Waals surface area (Å²) in [6.45, 7) is 0.384. The molecule has 0 aliphatic heterocycles. The van der Waals surface area contributed by atoms with E-state index in [0.717, 1.165) is 24.0 Å². The van der Waals surface area contributed by atoms with Crippen molar-refractivity contribution < 1.29 is 14.6 Å². The number of benzene rings is 2. The van der Waals surface area contributed by atoms with Gasteiger partial charge < -0.3 is 15.2 Å². The van der Waals surface area contributed by atoms with E-state index in [0.29, 0.717) is 0 Å². The summed E-state index contributed by atoms with van der Waals surface area (Å²) >= 11 is 0. The van der Waals surface area contributed by atoms with Crippen LogP contribution in [0.5, 0.6) is 0 Å². The number of carbonyl (C=O) groups is 1. The van der Waals surface area contributed by atoms with E-state index >= 15 is 0 Å². The molecule has 1 aliphatic rings. The maximum atomic E-state index is 11.9. The van der Waals surface area contributed by atoms with Gasteiger partial charge in [-0.2, -0.15) is 0 Å². The zero-order valence-corrected chi connectivity index (χ0v) is 12.9. The molecule has 1 amide bonds. The van der Waals surface area contributed by atoms with Crippen molar-refractivity contribution in [1.29, 1.82) is 0 Å². The van der Waals surface area contributed by atoms with Gasteiger partial charge in [-0.25, -0.2) is 4.79 Å². The first-order valence-corrected chi connectivity index (χ1v) is 7.91. The highest BCUT2D eigenvalue weighted by Crippen LogP contribution is 2.45. The molecule has 2 N–H and O–H groups in total. The van der Waals surface area contributed by atoms with Crippen LogP contribution in [0.1, 0.15) is 24.0 Å². The summed E-state index contributed by atoms with van der Waals surface area (Å²) in [6, 6.07) is 19.0. The second kappa shape index (κ2) is 6.84. The van der Waals surface area contributed by atoms with Gasteiger partial charge in [0.1, 0.15) is 12.2 Å². The zero-order valence-electron chi connectivity index (χ0n) is 12.9. The monoisotopic (exact) mass is 311 g/mol. The van der Waals surface area contributed by atoms with Crippen LogP contribution in [0.4, 0.5) is 4.79 Å². The Kier molecular flexibility index (Phi) is 4.63. The summed E-state index contributed by atoms with van der Waals surface area (Å²) in [5.74, 6) is 0.194. The Hall–Kier alpha value is -2.33. The molecule has 120 valence electrons. The van der Waals surface area contributed by atoms with E-state index in [9.17, 15) is 9.90 Å². The van der Waals surface area contributed by atoms with Crippen LogP contribution in [0, 0.1) is 5.92 Å². The quantitative estimate of drug-likeness (QED) is 0.861. The van der Waals surface area contributed by atoms with Gasteiger partial charge >= 0.3 is 6.09 Å². The van der Waals surface area contributed by atoms with E-state index in [1.165, 1.54) is 0 Å². The maximum Gasteiger partial charge on any atom is 0.407 e. The number of amides is 1. The molecular weight excluding hydrogens is 290 g/mol. The molecule has 0 heterocycles. The topological polar surface area (TPSA) is 58.6 Å². The Morgan fingerprint density at radius 3 is 2.30 bits per heavy atom. The van der Waals surface area contributed by atoms with Crippen LogP contribution < -0.4 is 5.32 Å². The van der Waals surface area contributed by atoms with Gasteiger partial charge in [0.15, 0.2) is 0 Å². The first kappa shape index (κ1) is 15.6. The fourth-order valence-corrected chi connectivity index (χ4v) is 2.75. The van der Waals surface area contributed by atoms with E-state index in [2.05, 4.69) is 5.32 Å². The van der Waals surface area contributed by atoms with Crippen LogP contribution >= 0.6 is 0 Å². The number of hydrogen-bond donors (Lipinski definition) is 2. The lowest BCUT2D eigenvalue weighted by Crippen LogP contribution is -2.42. The fraction of sp³-hybridized carbons (Fsp3) is 0.316. The lowest BCUT2D eigenvalue weighted by atomic mass is 9.89. The van der Waals surface area contributed by atoms with Gasteiger partial charge in [-0.05, 0) is 29.9 Å². The molecule has 0 aromatic heterocycles. The van der Waals surface area contributed by atoms with Crippen molar-refractivity contribution in [3.63, 3.8) is 0 Å². The highest BCUT2D eigenvalue weighted by molar-refractivity contribution is 5.67. The van der Waals surface area contributed by atoms with Crippen molar-refractivity contribution >= 4 is 6.09 Å². The zero-order chi connectivity index (χ0) is 16.1. The van der Waals surface area contributed by atoms with Crippen LogP contribution in [0.15, 0.2) is 60.7 Å². The third kappa shape index (κ3) is 3.90. The first-order valence-electron chi connectivity index (χ1n) is 7.91. The van der Waals surface area contributed by atoms with Crippen molar-refractivity contribution in [3.05, 3.63) is 71.8 Å². The van der Waals surface area contributed by atoms with Gasteiger partial charge in [0.25, 0.3) is 0 Å². The fourth-order valence-electron chi connectivity index (χ4n) is 2.75. The summed E-state index contributed by atoms with van der Waals surface area (Å²) < 4.78 is 5.20. The van der Waals surface area contributed by atoms with E-state index in [-0.39, 0.29) is 19.1 Å². The number of carbonyl (C=O) groups excluding carboxylic acids is 1. The van der Waals surface area contributed by atoms with E-state index < -0.39 is 11.7 Å². The Labute approximate surface area is 136 Å². The molecule has 0 bridgehead atoms. The average Bonchev–Trinajstić information content (AvgIpc) is 3.45. The van der Waals surface area contributed by atoms with Crippen molar-refractivity contribution in [2.24, 2.45) is 5.92 Å². The highest BCUT2D eigenvalue weighted by atomic mass is 16.5.